The number of hydrogen-bond donors (Lipinski definition) is 0. The lowest BCUT2D eigenvalue weighted by atomic mass is 9.66. The van der Waals surface area contributed by atoms with E-state index in [0.29, 0.717) is 11.2 Å². The van der Waals surface area contributed by atoms with Crippen LogP contribution in [-0.4, -0.2) is 5.78 Å². The minimum absolute atomic E-state index is 0.377. The predicted octanol–water partition coefficient (Wildman–Crippen LogP) is 3.93. The molecule has 15 heavy (non-hydrogen) atoms. The minimum Gasteiger partial charge on any atom is -0.294 e. The van der Waals surface area contributed by atoms with Crippen molar-refractivity contribution in [1.29, 1.82) is 0 Å². The fraction of sp³-hybridized carbons (Fsp3) is 0.615. The Morgan fingerprint density at radius 2 is 1.93 bits per heavy atom. The lowest BCUT2D eigenvalue weighted by Crippen LogP contribution is -2.33. The fourth-order valence-electron chi connectivity index (χ4n) is 3.25. The van der Waals surface area contributed by atoms with Gasteiger partial charge in [0.2, 0.25) is 0 Å². The smallest absolute Gasteiger partial charge is 0.164 e. The second-order valence-corrected chi connectivity index (χ2v) is 5.84. The zero-order valence-corrected chi connectivity index (χ0v) is 9.74. The highest BCUT2D eigenvalue weighted by Gasteiger charge is 2.40. The first-order valence-electron chi connectivity index (χ1n) is 5.93. The summed E-state index contributed by atoms with van der Waals surface area (Å²) in [5.41, 5.74) is 1.45. The molecule has 0 aromatic carbocycles. The van der Waals surface area contributed by atoms with Crippen molar-refractivity contribution in [3.8, 4) is 0 Å². The van der Waals surface area contributed by atoms with Gasteiger partial charge in [0, 0.05) is 22.3 Å². The van der Waals surface area contributed by atoms with Gasteiger partial charge in [-0.3, -0.25) is 4.79 Å². The van der Waals surface area contributed by atoms with Crippen LogP contribution in [0.5, 0.6) is 0 Å². The van der Waals surface area contributed by atoms with Gasteiger partial charge in [-0.1, -0.05) is 19.3 Å². The molecule has 1 saturated carbocycles. The molecule has 0 radical (unpaired) electrons. The van der Waals surface area contributed by atoms with Crippen LogP contribution in [0.1, 0.15) is 60.2 Å². The van der Waals surface area contributed by atoms with Crippen molar-refractivity contribution < 1.29 is 4.79 Å². The molecule has 1 heterocycles. The summed E-state index contributed by atoms with van der Waals surface area (Å²) in [5.74, 6) is 0.377. The SMILES string of the molecule is O=C1CCC2(CCCCC2)c2sccc21. The van der Waals surface area contributed by atoms with Gasteiger partial charge in [-0.15, -0.1) is 11.3 Å². The van der Waals surface area contributed by atoms with Gasteiger partial charge in [-0.05, 0) is 30.7 Å². The van der Waals surface area contributed by atoms with Gasteiger partial charge in [-0.2, -0.15) is 0 Å². The van der Waals surface area contributed by atoms with E-state index in [1.807, 2.05) is 17.4 Å². The van der Waals surface area contributed by atoms with Gasteiger partial charge in [0.1, 0.15) is 0 Å². The number of carbonyl (C=O) groups excluding carboxylic acids is 1. The Kier molecular flexibility index (Phi) is 2.20. The van der Waals surface area contributed by atoms with E-state index >= 15 is 0 Å². The van der Waals surface area contributed by atoms with Crippen molar-refractivity contribution >= 4 is 17.1 Å². The average Bonchev–Trinajstić information content (AvgIpc) is 2.76. The van der Waals surface area contributed by atoms with Crippen molar-refractivity contribution in [2.45, 2.75) is 50.4 Å². The first kappa shape index (κ1) is 9.59. The Morgan fingerprint density at radius 1 is 1.13 bits per heavy atom. The summed E-state index contributed by atoms with van der Waals surface area (Å²) in [6, 6.07) is 2.04. The van der Waals surface area contributed by atoms with Crippen LogP contribution in [0.3, 0.4) is 0 Å². The second kappa shape index (κ2) is 3.44. The van der Waals surface area contributed by atoms with Gasteiger partial charge in [0.05, 0.1) is 0 Å². The number of hydrogen-bond acceptors (Lipinski definition) is 2. The third kappa shape index (κ3) is 1.38. The normalized spacial score (nSPS) is 24.1. The summed E-state index contributed by atoms with van der Waals surface area (Å²) < 4.78 is 0. The summed E-state index contributed by atoms with van der Waals surface area (Å²) in [5, 5.41) is 2.10. The Labute approximate surface area is 94.5 Å². The van der Waals surface area contributed by atoms with Crippen molar-refractivity contribution in [3.63, 3.8) is 0 Å². The highest BCUT2D eigenvalue weighted by atomic mass is 32.1. The summed E-state index contributed by atoms with van der Waals surface area (Å²) in [6.45, 7) is 0. The van der Waals surface area contributed by atoms with Gasteiger partial charge in [0.25, 0.3) is 0 Å². The van der Waals surface area contributed by atoms with Gasteiger partial charge in [0.15, 0.2) is 5.78 Å². The van der Waals surface area contributed by atoms with Crippen LogP contribution in [0.15, 0.2) is 11.4 Å². The Morgan fingerprint density at radius 3 is 2.73 bits per heavy atom. The Hall–Kier alpha value is -0.630. The molecular formula is C13H16OS. The largest absolute Gasteiger partial charge is 0.294 e. The quantitative estimate of drug-likeness (QED) is 0.647. The lowest BCUT2D eigenvalue weighted by molar-refractivity contribution is 0.0942. The molecule has 1 aromatic rings. The van der Waals surface area contributed by atoms with Crippen LogP contribution in [0.25, 0.3) is 0 Å². The molecule has 1 fully saturated rings. The molecule has 1 nitrogen and oxygen atoms in total. The Balaban J connectivity index is 2.06. The van der Waals surface area contributed by atoms with Crippen LogP contribution in [-0.2, 0) is 5.41 Å². The zero-order chi connectivity index (χ0) is 10.3. The zero-order valence-electron chi connectivity index (χ0n) is 8.92. The maximum absolute atomic E-state index is 11.8. The minimum atomic E-state index is 0.377. The fourth-order valence-corrected chi connectivity index (χ4v) is 4.45. The van der Waals surface area contributed by atoms with E-state index in [1.54, 1.807) is 0 Å². The number of ketones is 1. The summed E-state index contributed by atoms with van der Waals surface area (Å²) in [7, 11) is 0. The van der Waals surface area contributed by atoms with E-state index in [4.69, 9.17) is 0 Å². The highest BCUT2D eigenvalue weighted by Crippen LogP contribution is 2.49. The standard InChI is InChI=1S/C13H16OS/c14-11-4-8-13(6-2-1-3-7-13)12-10(11)5-9-15-12/h5,9H,1-4,6-8H2. The highest BCUT2D eigenvalue weighted by molar-refractivity contribution is 7.10. The molecule has 3 rings (SSSR count). The monoisotopic (exact) mass is 220 g/mol. The number of carbonyl (C=O) groups is 1. The van der Waals surface area contributed by atoms with E-state index in [0.717, 1.165) is 18.4 Å². The number of thiophene rings is 1. The van der Waals surface area contributed by atoms with Crippen LogP contribution < -0.4 is 0 Å². The van der Waals surface area contributed by atoms with Gasteiger partial charge < -0.3 is 0 Å². The molecule has 0 atom stereocenters. The van der Waals surface area contributed by atoms with Gasteiger partial charge in [-0.25, -0.2) is 0 Å². The van der Waals surface area contributed by atoms with Crippen molar-refractivity contribution in [1.82, 2.24) is 0 Å². The molecule has 2 heteroatoms. The molecule has 0 amide bonds. The molecule has 0 saturated heterocycles. The first-order chi connectivity index (χ1) is 7.32. The molecule has 80 valence electrons. The summed E-state index contributed by atoms with van der Waals surface area (Å²) in [6.07, 6.45) is 8.61. The maximum Gasteiger partial charge on any atom is 0.164 e. The van der Waals surface area contributed by atoms with E-state index in [1.165, 1.54) is 37.0 Å². The van der Waals surface area contributed by atoms with Crippen LogP contribution >= 0.6 is 11.3 Å². The summed E-state index contributed by atoms with van der Waals surface area (Å²) >= 11 is 1.81. The van der Waals surface area contributed by atoms with E-state index in [-0.39, 0.29) is 0 Å². The molecular weight excluding hydrogens is 204 g/mol. The van der Waals surface area contributed by atoms with E-state index in [2.05, 4.69) is 5.38 Å². The topological polar surface area (TPSA) is 17.1 Å². The molecule has 1 aromatic heterocycles. The molecule has 0 unspecified atom stereocenters. The summed E-state index contributed by atoms with van der Waals surface area (Å²) in [4.78, 5) is 13.2. The van der Waals surface area contributed by atoms with Gasteiger partial charge >= 0.3 is 0 Å². The molecule has 0 bridgehead atoms. The molecule has 0 N–H and O–H groups in total. The second-order valence-electron chi connectivity index (χ2n) is 4.93. The molecule has 1 spiro atoms. The maximum atomic E-state index is 11.8. The van der Waals surface area contributed by atoms with Crippen molar-refractivity contribution in [2.24, 2.45) is 0 Å². The van der Waals surface area contributed by atoms with Crippen molar-refractivity contribution in [3.05, 3.63) is 21.9 Å². The molecule has 2 aliphatic carbocycles. The number of fused-ring (bicyclic) bond motifs is 2. The predicted molar refractivity (Wildman–Crippen MR) is 62.6 cm³/mol. The average molecular weight is 220 g/mol. The number of Topliss-reactive ketones (excluding diaryl/α,β-unsaturated/α-hetero) is 1. The molecule has 0 aliphatic heterocycles. The van der Waals surface area contributed by atoms with Crippen LogP contribution in [0, 0.1) is 0 Å². The van der Waals surface area contributed by atoms with Crippen LogP contribution in [0.2, 0.25) is 0 Å². The first-order valence-corrected chi connectivity index (χ1v) is 6.81. The van der Waals surface area contributed by atoms with Crippen molar-refractivity contribution in [2.75, 3.05) is 0 Å². The lowest BCUT2D eigenvalue weighted by Gasteiger charge is -2.39. The third-order valence-corrected chi connectivity index (χ3v) is 5.25. The molecule has 2 aliphatic rings. The van der Waals surface area contributed by atoms with Crippen LogP contribution in [0.4, 0.5) is 0 Å². The number of rotatable bonds is 0. The third-order valence-electron chi connectivity index (χ3n) is 4.09. The Bertz CT molecular complexity index is 385. The van der Waals surface area contributed by atoms with E-state index in [9.17, 15) is 4.79 Å². The van der Waals surface area contributed by atoms with E-state index < -0.39 is 0 Å².